The fourth-order valence-corrected chi connectivity index (χ4v) is 2.70. The summed E-state index contributed by atoms with van der Waals surface area (Å²) < 4.78 is 21.1. The first-order valence-electron chi connectivity index (χ1n) is 7.26. The van der Waals surface area contributed by atoms with Crippen molar-refractivity contribution in [2.45, 2.75) is 0 Å². The molecule has 2 aromatic rings. The van der Waals surface area contributed by atoms with Gasteiger partial charge in [-0.05, 0) is 6.07 Å². The molecular weight excluding hydrogens is 405 g/mol. The summed E-state index contributed by atoms with van der Waals surface area (Å²) in [5.41, 5.74) is 0.452. The highest BCUT2D eigenvalue weighted by Gasteiger charge is 2.15. The highest BCUT2D eigenvalue weighted by molar-refractivity contribution is 6.43. The normalized spacial score (nSPS) is 10.2. The van der Waals surface area contributed by atoms with Crippen LogP contribution in [0.15, 0.2) is 24.3 Å². The van der Waals surface area contributed by atoms with Gasteiger partial charge in [0.2, 0.25) is 5.75 Å². The van der Waals surface area contributed by atoms with Gasteiger partial charge in [0.25, 0.3) is 5.91 Å². The molecule has 26 heavy (non-hydrogen) atoms. The molecule has 6 nitrogen and oxygen atoms in total. The van der Waals surface area contributed by atoms with Crippen molar-refractivity contribution in [1.29, 1.82) is 0 Å². The van der Waals surface area contributed by atoms with Crippen molar-refractivity contribution in [1.82, 2.24) is 0 Å². The molecule has 0 radical (unpaired) electrons. The molecule has 0 bridgehead atoms. The van der Waals surface area contributed by atoms with Gasteiger partial charge < -0.3 is 24.3 Å². The molecule has 1 N–H and O–H groups in total. The number of hydrogen-bond acceptors (Lipinski definition) is 5. The Bertz CT molecular complexity index is 788. The Labute approximate surface area is 165 Å². The Hall–Kier alpha value is -2.02. The van der Waals surface area contributed by atoms with Gasteiger partial charge in [0.05, 0.1) is 36.4 Å². The molecule has 0 aliphatic heterocycles. The minimum absolute atomic E-state index is 0.250. The third-order valence-corrected chi connectivity index (χ3v) is 4.30. The molecule has 9 heteroatoms. The maximum Gasteiger partial charge on any atom is 0.262 e. The zero-order valence-electron chi connectivity index (χ0n) is 14.2. The molecule has 0 aromatic heterocycles. The van der Waals surface area contributed by atoms with Gasteiger partial charge in [-0.2, -0.15) is 0 Å². The lowest BCUT2D eigenvalue weighted by atomic mass is 10.2. The van der Waals surface area contributed by atoms with Gasteiger partial charge in [0.15, 0.2) is 18.1 Å². The van der Waals surface area contributed by atoms with Crippen LogP contribution in [0.1, 0.15) is 0 Å². The second kappa shape index (κ2) is 9.07. The summed E-state index contributed by atoms with van der Waals surface area (Å²) in [5, 5.41) is 3.50. The van der Waals surface area contributed by atoms with Crippen LogP contribution in [0, 0.1) is 0 Å². The Morgan fingerprint density at radius 3 is 1.96 bits per heavy atom. The summed E-state index contributed by atoms with van der Waals surface area (Å²) in [5.74, 6) is 1.08. The van der Waals surface area contributed by atoms with E-state index in [0.717, 1.165) is 0 Å². The molecule has 0 atom stereocenters. The highest BCUT2D eigenvalue weighted by atomic mass is 35.5. The van der Waals surface area contributed by atoms with E-state index in [-0.39, 0.29) is 22.4 Å². The van der Waals surface area contributed by atoms with Gasteiger partial charge in [-0.25, -0.2) is 0 Å². The smallest absolute Gasteiger partial charge is 0.262 e. The van der Waals surface area contributed by atoms with Crippen LogP contribution >= 0.6 is 34.8 Å². The van der Waals surface area contributed by atoms with Crippen molar-refractivity contribution in [3.8, 4) is 23.0 Å². The van der Waals surface area contributed by atoms with Crippen LogP contribution in [0.4, 0.5) is 5.69 Å². The number of rotatable bonds is 7. The number of amides is 1. The van der Waals surface area contributed by atoms with Crippen LogP contribution < -0.4 is 24.3 Å². The maximum absolute atomic E-state index is 12.2. The minimum Gasteiger partial charge on any atom is -0.493 e. The first kappa shape index (κ1) is 20.3. The minimum atomic E-state index is -0.415. The average molecular weight is 421 g/mol. The zero-order chi connectivity index (χ0) is 19.3. The molecule has 0 saturated heterocycles. The second-order valence-corrected chi connectivity index (χ2v) is 6.17. The molecule has 2 rings (SSSR count). The van der Waals surface area contributed by atoms with Crippen molar-refractivity contribution in [2.75, 3.05) is 33.3 Å². The third kappa shape index (κ3) is 4.78. The first-order chi connectivity index (χ1) is 12.4. The van der Waals surface area contributed by atoms with E-state index < -0.39 is 5.91 Å². The Morgan fingerprint density at radius 1 is 0.846 bits per heavy atom. The van der Waals surface area contributed by atoms with E-state index in [2.05, 4.69) is 5.32 Å². The average Bonchev–Trinajstić information content (AvgIpc) is 2.62. The Kier molecular flexibility index (Phi) is 7.08. The predicted octanol–water partition coefficient (Wildman–Crippen LogP) is 4.69. The van der Waals surface area contributed by atoms with E-state index in [1.54, 1.807) is 12.1 Å². The molecule has 1 amide bonds. The first-order valence-corrected chi connectivity index (χ1v) is 8.40. The van der Waals surface area contributed by atoms with Crippen LogP contribution in [0.2, 0.25) is 15.1 Å². The molecule has 0 aliphatic carbocycles. The Morgan fingerprint density at radius 2 is 1.42 bits per heavy atom. The molecule has 0 fully saturated rings. The van der Waals surface area contributed by atoms with Gasteiger partial charge in [-0.3, -0.25) is 4.79 Å². The number of benzene rings is 2. The van der Waals surface area contributed by atoms with E-state index in [1.807, 2.05) is 0 Å². The van der Waals surface area contributed by atoms with E-state index in [0.29, 0.717) is 28.0 Å². The molecule has 0 saturated carbocycles. The molecular formula is C17H16Cl3NO5. The molecule has 0 spiro atoms. The van der Waals surface area contributed by atoms with Crippen molar-refractivity contribution in [3.63, 3.8) is 0 Å². The summed E-state index contributed by atoms with van der Waals surface area (Å²) in [6, 6.07) is 6.09. The van der Waals surface area contributed by atoms with E-state index >= 15 is 0 Å². The second-order valence-electron chi connectivity index (χ2n) is 4.95. The van der Waals surface area contributed by atoms with Gasteiger partial charge in [0.1, 0.15) is 5.75 Å². The fraction of sp³-hybridized carbons (Fsp3) is 0.235. The summed E-state index contributed by atoms with van der Waals surface area (Å²) >= 11 is 17.8. The SMILES string of the molecule is COc1cc(NC(=O)COc2cc(Cl)c(Cl)cc2Cl)cc(OC)c1OC. The van der Waals surface area contributed by atoms with Crippen molar-refractivity contribution >= 4 is 46.4 Å². The van der Waals surface area contributed by atoms with Crippen molar-refractivity contribution in [3.05, 3.63) is 39.3 Å². The van der Waals surface area contributed by atoms with E-state index in [1.165, 1.54) is 33.5 Å². The third-order valence-electron chi connectivity index (χ3n) is 3.28. The molecule has 0 unspecified atom stereocenters. The highest BCUT2D eigenvalue weighted by Crippen LogP contribution is 2.40. The zero-order valence-corrected chi connectivity index (χ0v) is 16.5. The van der Waals surface area contributed by atoms with Crippen LogP contribution in [0.3, 0.4) is 0 Å². The summed E-state index contributed by atoms with van der Waals surface area (Å²) in [6.45, 7) is -0.283. The molecule has 0 aliphatic rings. The van der Waals surface area contributed by atoms with Crippen LogP contribution in [-0.4, -0.2) is 33.8 Å². The summed E-state index contributed by atoms with van der Waals surface area (Å²) in [6.07, 6.45) is 0. The largest absolute Gasteiger partial charge is 0.493 e. The molecule has 0 heterocycles. The number of ether oxygens (including phenoxy) is 4. The number of halogens is 3. The van der Waals surface area contributed by atoms with Gasteiger partial charge in [0, 0.05) is 23.9 Å². The lowest BCUT2D eigenvalue weighted by Gasteiger charge is -2.15. The van der Waals surface area contributed by atoms with Gasteiger partial charge >= 0.3 is 0 Å². The maximum atomic E-state index is 12.2. The number of carbonyl (C=O) groups is 1. The Balaban J connectivity index is 2.09. The van der Waals surface area contributed by atoms with Crippen LogP contribution in [0.25, 0.3) is 0 Å². The van der Waals surface area contributed by atoms with E-state index in [4.69, 9.17) is 53.8 Å². The predicted molar refractivity (Wildman–Crippen MR) is 102 cm³/mol. The number of carbonyl (C=O) groups excluding carboxylic acids is 1. The lowest BCUT2D eigenvalue weighted by Crippen LogP contribution is -2.20. The quantitative estimate of drug-likeness (QED) is 0.658. The fourth-order valence-electron chi connectivity index (χ4n) is 2.11. The number of anilines is 1. The number of nitrogens with one attached hydrogen (secondary N) is 1. The standard InChI is InChI=1S/C17H16Cl3NO5/c1-23-14-4-9(5-15(24-2)17(14)25-3)21-16(22)8-26-13-7-11(19)10(18)6-12(13)20/h4-7H,8H2,1-3H3,(H,21,22). The summed E-state index contributed by atoms with van der Waals surface area (Å²) in [7, 11) is 4.46. The van der Waals surface area contributed by atoms with Crippen molar-refractivity contribution in [2.24, 2.45) is 0 Å². The number of methoxy groups -OCH3 is 3. The van der Waals surface area contributed by atoms with Crippen LogP contribution in [0.5, 0.6) is 23.0 Å². The monoisotopic (exact) mass is 419 g/mol. The molecule has 140 valence electrons. The van der Waals surface area contributed by atoms with Crippen LogP contribution in [-0.2, 0) is 4.79 Å². The topological polar surface area (TPSA) is 66.0 Å². The summed E-state index contributed by atoms with van der Waals surface area (Å²) in [4.78, 5) is 12.2. The number of hydrogen-bond donors (Lipinski definition) is 1. The van der Waals surface area contributed by atoms with E-state index in [9.17, 15) is 4.79 Å². The lowest BCUT2D eigenvalue weighted by molar-refractivity contribution is -0.118. The van der Waals surface area contributed by atoms with Gasteiger partial charge in [-0.15, -0.1) is 0 Å². The van der Waals surface area contributed by atoms with Crippen molar-refractivity contribution < 1.29 is 23.7 Å². The molecule has 2 aromatic carbocycles. The van der Waals surface area contributed by atoms with Gasteiger partial charge in [-0.1, -0.05) is 34.8 Å².